The lowest BCUT2D eigenvalue weighted by Crippen LogP contribution is -2.43. The lowest BCUT2D eigenvalue weighted by atomic mass is 10.2. The maximum Gasteiger partial charge on any atom is 0.133 e. The Morgan fingerprint density at radius 2 is 2.12 bits per heavy atom. The van der Waals surface area contributed by atoms with Crippen molar-refractivity contribution in [3.8, 4) is 0 Å². The molecule has 0 amide bonds. The summed E-state index contributed by atoms with van der Waals surface area (Å²) < 4.78 is 6.81. The van der Waals surface area contributed by atoms with Crippen LogP contribution in [0.1, 0.15) is 18.4 Å². The molecule has 1 aromatic rings. The van der Waals surface area contributed by atoms with Crippen molar-refractivity contribution in [2.45, 2.75) is 30.9 Å². The van der Waals surface area contributed by atoms with E-state index >= 15 is 0 Å². The molecule has 0 N–H and O–H groups in total. The predicted molar refractivity (Wildman–Crippen MR) is 71.6 cm³/mol. The van der Waals surface area contributed by atoms with Gasteiger partial charge in [0.15, 0.2) is 0 Å². The molecule has 92 valence electrons. The molecular formula is C12H14BrClN2O. The number of ether oxygens (including phenoxy) is 1. The topological polar surface area (TPSA) is 25.4 Å². The van der Waals surface area contributed by atoms with Crippen molar-refractivity contribution in [3.63, 3.8) is 0 Å². The fourth-order valence-electron chi connectivity index (χ4n) is 2.64. The number of nitrogens with zero attached hydrogens (tertiary/aromatic N) is 2. The summed E-state index contributed by atoms with van der Waals surface area (Å²) in [7, 11) is 0. The lowest BCUT2D eigenvalue weighted by molar-refractivity contribution is 0.0302. The van der Waals surface area contributed by atoms with E-state index in [2.05, 4.69) is 25.8 Å². The summed E-state index contributed by atoms with van der Waals surface area (Å²) in [5.74, 6) is 1.51. The molecule has 0 aliphatic carbocycles. The fraction of sp³-hybridized carbons (Fsp3) is 0.583. The number of aromatic nitrogens is 1. The summed E-state index contributed by atoms with van der Waals surface area (Å²) in [6.07, 6.45) is 4.94. The van der Waals surface area contributed by atoms with Crippen molar-refractivity contribution >= 4 is 33.3 Å². The molecule has 2 unspecified atom stereocenters. The summed E-state index contributed by atoms with van der Waals surface area (Å²) >= 11 is 9.43. The zero-order chi connectivity index (χ0) is 11.8. The molecule has 2 fully saturated rings. The number of fused-ring (bicyclic) bond motifs is 2. The number of halogens is 2. The van der Waals surface area contributed by atoms with Crippen molar-refractivity contribution < 1.29 is 4.74 Å². The summed E-state index contributed by atoms with van der Waals surface area (Å²) in [6.45, 7) is 1.88. The zero-order valence-corrected chi connectivity index (χ0v) is 11.7. The first kappa shape index (κ1) is 11.8. The monoisotopic (exact) mass is 316 g/mol. The van der Waals surface area contributed by atoms with E-state index in [9.17, 15) is 0 Å². The molecule has 2 atom stereocenters. The molecule has 0 spiro atoms. The van der Waals surface area contributed by atoms with E-state index in [1.54, 1.807) is 0 Å². The Hall–Kier alpha value is -0.320. The third kappa shape index (κ3) is 2.30. The van der Waals surface area contributed by atoms with Crippen molar-refractivity contribution in [3.05, 3.63) is 22.3 Å². The Kier molecular flexibility index (Phi) is 3.28. The van der Waals surface area contributed by atoms with Gasteiger partial charge >= 0.3 is 0 Å². The Labute approximate surface area is 114 Å². The summed E-state index contributed by atoms with van der Waals surface area (Å²) in [4.78, 5) is 6.82. The molecule has 3 nitrogen and oxygen atoms in total. The second-order valence-electron chi connectivity index (χ2n) is 4.63. The number of hydrogen-bond donors (Lipinski definition) is 0. The minimum Gasteiger partial charge on any atom is -0.371 e. The number of hydrogen-bond acceptors (Lipinski definition) is 3. The molecule has 2 aliphatic heterocycles. The van der Waals surface area contributed by atoms with E-state index in [1.807, 2.05) is 12.3 Å². The van der Waals surface area contributed by atoms with E-state index < -0.39 is 0 Å². The van der Waals surface area contributed by atoms with Gasteiger partial charge in [0.1, 0.15) is 5.82 Å². The molecule has 2 aliphatic rings. The third-order valence-electron chi connectivity index (χ3n) is 3.40. The summed E-state index contributed by atoms with van der Waals surface area (Å²) in [6, 6.07) is 2.05. The van der Waals surface area contributed by atoms with Gasteiger partial charge in [-0.1, -0.05) is 0 Å². The second-order valence-corrected chi connectivity index (χ2v) is 5.82. The number of anilines is 1. The molecule has 5 heteroatoms. The minimum atomic E-state index is 0.377. The number of morpholine rings is 1. The van der Waals surface area contributed by atoms with Crippen LogP contribution in [0.5, 0.6) is 0 Å². The van der Waals surface area contributed by atoms with Crippen molar-refractivity contribution in [2.75, 3.05) is 18.0 Å². The molecule has 2 bridgehead atoms. The highest BCUT2D eigenvalue weighted by molar-refractivity contribution is 9.10. The van der Waals surface area contributed by atoms with Gasteiger partial charge in [-0.25, -0.2) is 4.98 Å². The van der Waals surface area contributed by atoms with Crippen molar-refractivity contribution in [1.29, 1.82) is 0 Å². The lowest BCUT2D eigenvalue weighted by Gasteiger charge is -2.34. The molecule has 3 rings (SSSR count). The Morgan fingerprint density at radius 1 is 1.41 bits per heavy atom. The normalized spacial score (nSPS) is 27.5. The van der Waals surface area contributed by atoms with Gasteiger partial charge in [0.25, 0.3) is 0 Å². The second kappa shape index (κ2) is 4.75. The molecular weight excluding hydrogens is 304 g/mol. The summed E-state index contributed by atoms with van der Waals surface area (Å²) in [5.41, 5.74) is 1.09. The predicted octanol–water partition coefficient (Wildman–Crippen LogP) is 2.95. The van der Waals surface area contributed by atoms with Crippen LogP contribution < -0.4 is 4.90 Å². The molecule has 17 heavy (non-hydrogen) atoms. The highest BCUT2D eigenvalue weighted by atomic mass is 79.9. The van der Waals surface area contributed by atoms with Crippen LogP contribution >= 0.6 is 27.5 Å². The minimum absolute atomic E-state index is 0.377. The summed E-state index contributed by atoms with van der Waals surface area (Å²) in [5, 5.41) is 0. The average molecular weight is 318 g/mol. The quantitative estimate of drug-likeness (QED) is 0.784. The van der Waals surface area contributed by atoms with Crippen LogP contribution in [0.3, 0.4) is 0 Å². The van der Waals surface area contributed by atoms with Gasteiger partial charge in [0.05, 0.1) is 18.1 Å². The van der Waals surface area contributed by atoms with Crippen LogP contribution in [-0.4, -0.2) is 30.3 Å². The van der Waals surface area contributed by atoms with Crippen LogP contribution in [0.2, 0.25) is 0 Å². The molecule has 1 aromatic heterocycles. The largest absolute Gasteiger partial charge is 0.371 e. The van der Waals surface area contributed by atoms with Crippen LogP contribution in [0.25, 0.3) is 0 Å². The first-order valence-corrected chi connectivity index (χ1v) is 7.20. The van der Waals surface area contributed by atoms with E-state index in [4.69, 9.17) is 16.3 Å². The maximum atomic E-state index is 5.99. The Morgan fingerprint density at radius 3 is 2.76 bits per heavy atom. The Bertz CT molecular complexity index is 417. The maximum absolute atomic E-state index is 5.99. The van der Waals surface area contributed by atoms with Crippen LogP contribution in [0.4, 0.5) is 5.82 Å². The molecule has 2 saturated heterocycles. The van der Waals surface area contributed by atoms with Gasteiger partial charge in [0, 0.05) is 29.3 Å². The zero-order valence-electron chi connectivity index (χ0n) is 9.40. The van der Waals surface area contributed by atoms with Gasteiger partial charge in [-0.2, -0.15) is 0 Å². The highest BCUT2D eigenvalue weighted by Gasteiger charge is 2.34. The average Bonchev–Trinajstić information content (AvgIpc) is 2.68. The third-order valence-corrected chi connectivity index (χ3v) is 4.12. The van der Waals surface area contributed by atoms with E-state index in [0.717, 1.165) is 28.9 Å². The molecule has 0 radical (unpaired) electrons. The van der Waals surface area contributed by atoms with E-state index in [-0.39, 0.29) is 0 Å². The van der Waals surface area contributed by atoms with Gasteiger partial charge in [-0.05, 0) is 34.8 Å². The van der Waals surface area contributed by atoms with E-state index in [0.29, 0.717) is 18.1 Å². The van der Waals surface area contributed by atoms with Crippen LogP contribution in [0, 0.1) is 0 Å². The molecule has 0 aromatic carbocycles. The Balaban J connectivity index is 1.88. The standard InChI is InChI=1S/C12H14BrClN2O/c13-9-3-8(4-14)12(15-5-9)16-6-10-1-2-11(7-16)17-10/h3,5,10-11H,1-2,4,6-7H2. The molecule has 3 heterocycles. The highest BCUT2D eigenvalue weighted by Crippen LogP contribution is 2.31. The number of alkyl halides is 1. The van der Waals surface area contributed by atoms with Crippen molar-refractivity contribution in [2.24, 2.45) is 0 Å². The van der Waals surface area contributed by atoms with Crippen molar-refractivity contribution in [1.82, 2.24) is 4.98 Å². The van der Waals surface area contributed by atoms with Crippen LogP contribution in [0.15, 0.2) is 16.7 Å². The molecule has 0 saturated carbocycles. The first-order chi connectivity index (χ1) is 8.26. The smallest absolute Gasteiger partial charge is 0.133 e. The van der Waals surface area contributed by atoms with Gasteiger partial charge in [-0.15, -0.1) is 11.6 Å². The number of pyridine rings is 1. The van der Waals surface area contributed by atoms with Gasteiger partial charge < -0.3 is 9.64 Å². The van der Waals surface area contributed by atoms with Gasteiger partial charge in [-0.3, -0.25) is 0 Å². The number of rotatable bonds is 2. The van der Waals surface area contributed by atoms with E-state index in [1.165, 1.54) is 12.8 Å². The van der Waals surface area contributed by atoms with Gasteiger partial charge in [0.2, 0.25) is 0 Å². The fourth-order valence-corrected chi connectivity index (χ4v) is 3.22. The first-order valence-electron chi connectivity index (χ1n) is 5.87. The van der Waals surface area contributed by atoms with Crippen LogP contribution in [-0.2, 0) is 10.6 Å². The SMILES string of the molecule is ClCc1cc(Br)cnc1N1CC2CCC(C1)O2.